The summed E-state index contributed by atoms with van der Waals surface area (Å²) in [5.74, 6) is -1.75. The molecule has 0 bridgehead atoms. The summed E-state index contributed by atoms with van der Waals surface area (Å²) < 4.78 is 39.6. The molecule has 0 radical (unpaired) electrons. The van der Waals surface area contributed by atoms with Crippen LogP contribution in [-0.2, 0) is 29.1 Å². The Labute approximate surface area is 322 Å². The van der Waals surface area contributed by atoms with Gasteiger partial charge in [0.2, 0.25) is 33.6 Å². The molecular weight excluding hydrogens is 723 g/mol. The van der Waals surface area contributed by atoms with Gasteiger partial charge in [-0.25, -0.2) is 18.2 Å². The molecule has 2 heterocycles. The summed E-state index contributed by atoms with van der Waals surface area (Å²) in [5.41, 5.74) is -1.23. The first-order valence-electron chi connectivity index (χ1n) is 18.7. The van der Waals surface area contributed by atoms with Crippen molar-refractivity contribution in [1.29, 1.82) is 0 Å². The Balaban J connectivity index is 1.29. The van der Waals surface area contributed by atoms with E-state index in [-0.39, 0.29) is 25.4 Å². The minimum atomic E-state index is -3.82. The molecule has 2 saturated carbocycles. The first-order valence-corrected chi connectivity index (χ1v) is 20.2. The van der Waals surface area contributed by atoms with E-state index in [1.165, 1.54) is 4.90 Å². The van der Waals surface area contributed by atoms with Crippen LogP contribution in [0.5, 0.6) is 5.88 Å². The SMILES string of the molecule is C=C[C@@H]1C[C@]1(CNC(=O)[C@@H]1C[C@@H](Oc2nc(-c3ccccc3)cc3ccccc23)CN1C(=O)[C@@H](NC(=O)OC(C)(C)C)C(C)(C)C)C(=O)NS(=O)(=O)C1CC1. The molecule has 2 aliphatic carbocycles. The molecule has 6 rings (SSSR count). The Bertz CT molecular complexity index is 2090. The number of ether oxygens (including phenoxy) is 2. The molecule has 3 fully saturated rings. The second-order valence-corrected chi connectivity index (χ2v) is 18.9. The van der Waals surface area contributed by atoms with Crippen LogP contribution in [0, 0.1) is 16.7 Å². The Morgan fingerprint density at radius 1 is 1.02 bits per heavy atom. The third-order valence-corrected chi connectivity index (χ3v) is 12.1. The first-order chi connectivity index (χ1) is 25.8. The van der Waals surface area contributed by atoms with Gasteiger partial charge in [0.15, 0.2) is 0 Å². The van der Waals surface area contributed by atoms with Crippen molar-refractivity contribution < 1.29 is 37.1 Å². The number of aromatic nitrogens is 1. The van der Waals surface area contributed by atoms with Crippen molar-refractivity contribution in [3.63, 3.8) is 0 Å². The predicted molar refractivity (Wildman–Crippen MR) is 208 cm³/mol. The second-order valence-electron chi connectivity index (χ2n) is 16.9. The van der Waals surface area contributed by atoms with E-state index in [1.54, 1.807) is 47.6 Å². The maximum Gasteiger partial charge on any atom is 0.408 e. The van der Waals surface area contributed by atoms with E-state index >= 15 is 0 Å². The molecule has 3 N–H and O–H groups in total. The number of likely N-dealkylation sites (tertiary alicyclic amines) is 1. The molecule has 3 aromatic rings. The van der Waals surface area contributed by atoms with Crippen LogP contribution in [0.3, 0.4) is 0 Å². The first kappa shape index (κ1) is 39.7. The second kappa shape index (κ2) is 14.9. The number of hydrogen-bond acceptors (Lipinski definition) is 9. The van der Waals surface area contributed by atoms with E-state index < -0.39 is 73.7 Å². The zero-order valence-electron chi connectivity index (χ0n) is 32.3. The monoisotopic (exact) mass is 773 g/mol. The van der Waals surface area contributed by atoms with Crippen molar-refractivity contribution in [3.05, 3.63) is 73.3 Å². The highest BCUT2D eigenvalue weighted by molar-refractivity contribution is 7.90. The lowest BCUT2D eigenvalue weighted by Crippen LogP contribution is -2.58. The summed E-state index contributed by atoms with van der Waals surface area (Å²) in [4.78, 5) is 61.5. The van der Waals surface area contributed by atoms with Gasteiger partial charge in [-0.05, 0) is 68.9 Å². The Morgan fingerprint density at radius 2 is 1.69 bits per heavy atom. The van der Waals surface area contributed by atoms with E-state index in [0.717, 1.165) is 16.3 Å². The van der Waals surface area contributed by atoms with Crippen molar-refractivity contribution in [2.24, 2.45) is 16.7 Å². The highest BCUT2D eigenvalue weighted by atomic mass is 32.2. The van der Waals surface area contributed by atoms with Crippen LogP contribution in [0.1, 0.15) is 67.2 Å². The van der Waals surface area contributed by atoms with Crippen LogP contribution in [0.2, 0.25) is 0 Å². The Morgan fingerprint density at radius 3 is 2.31 bits per heavy atom. The number of alkyl carbamates (subject to hydrolysis) is 1. The lowest BCUT2D eigenvalue weighted by Gasteiger charge is -2.35. The van der Waals surface area contributed by atoms with Crippen LogP contribution in [0.15, 0.2) is 73.3 Å². The number of pyridine rings is 1. The fraction of sp³-hybridized carbons (Fsp3) is 0.488. The number of sulfonamides is 1. The lowest BCUT2D eigenvalue weighted by molar-refractivity contribution is -0.142. The number of benzene rings is 2. The molecule has 13 nitrogen and oxygen atoms in total. The normalized spacial score (nSPS) is 23.0. The van der Waals surface area contributed by atoms with Crippen LogP contribution in [0.25, 0.3) is 22.0 Å². The summed E-state index contributed by atoms with van der Waals surface area (Å²) in [6, 6.07) is 17.2. The minimum absolute atomic E-state index is 0.00832. The Kier molecular flexibility index (Phi) is 10.8. The quantitative estimate of drug-likeness (QED) is 0.212. The molecule has 0 spiro atoms. The van der Waals surface area contributed by atoms with Crippen molar-refractivity contribution >= 4 is 44.6 Å². The number of hydrogen-bond donors (Lipinski definition) is 3. The molecule has 3 aliphatic rings. The molecular formula is C41H51N5O8S. The zero-order valence-corrected chi connectivity index (χ0v) is 33.1. The molecule has 4 amide bonds. The number of nitrogens with one attached hydrogen (secondary N) is 3. The van der Waals surface area contributed by atoms with Crippen molar-refractivity contribution in [3.8, 4) is 17.1 Å². The zero-order chi connectivity index (χ0) is 39.9. The standard InChI is InChI=1S/C41H51N5O8S/c1-8-27-22-41(27,37(49)45-55(51,52)29-18-19-29)24-42-34(47)32-21-28(23-46(32)36(48)33(39(2,3)4)44-38(50)54-40(5,6)7)53-35-30-17-13-12-16-26(30)20-31(43-35)25-14-10-9-11-15-25/h8-17,20,27-29,32-33H,1,18-19,21-24H2,2-7H3,(H,42,47)(H,44,50)(H,45,49)/t27-,28-,32+,33-,41-/m1/s1. The van der Waals surface area contributed by atoms with Crippen molar-refractivity contribution in [2.45, 2.75) is 96.3 Å². The molecule has 5 atom stereocenters. The van der Waals surface area contributed by atoms with Gasteiger partial charge in [0, 0.05) is 23.9 Å². The number of carbonyl (C=O) groups is 4. The van der Waals surface area contributed by atoms with Gasteiger partial charge in [-0.3, -0.25) is 19.1 Å². The smallest absolute Gasteiger partial charge is 0.408 e. The third kappa shape index (κ3) is 8.95. The topological polar surface area (TPSA) is 173 Å². The third-order valence-electron chi connectivity index (χ3n) is 10.3. The van der Waals surface area contributed by atoms with Gasteiger partial charge >= 0.3 is 6.09 Å². The highest BCUT2D eigenvalue weighted by Crippen LogP contribution is 2.53. The largest absolute Gasteiger partial charge is 0.472 e. The van der Waals surface area contributed by atoms with Gasteiger partial charge in [0.05, 0.1) is 22.9 Å². The number of nitrogens with zero attached hydrogens (tertiary/aromatic N) is 2. The highest BCUT2D eigenvalue weighted by Gasteiger charge is 2.60. The van der Waals surface area contributed by atoms with Crippen molar-refractivity contribution in [1.82, 2.24) is 25.2 Å². The number of amides is 4. The minimum Gasteiger partial charge on any atom is -0.472 e. The average molecular weight is 774 g/mol. The van der Waals surface area contributed by atoms with E-state index in [4.69, 9.17) is 14.5 Å². The van der Waals surface area contributed by atoms with Crippen molar-refractivity contribution in [2.75, 3.05) is 13.1 Å². The predicted octanol–water partition coefficient (Wildman–Crippen LogP) is 5.11. The van der Waals surface area contributed by atoms with Gasteiger partial charge in [0.25, 0.3) is 0 Å². The number of rotatable bonds is 12. The van der Waals surface area contributed by atoms with E-state index in [1.807, 2.05) is 60.7 Å². The molecule has 294 valence electrons. The molecule has 1 saturated heterocycles. The molecule has 55 heavy (non-hydrogen) atoms. The maximum absolute atomic E-state index is 14.6. The fourth-order valence-corrected chi connectivity index (χ4v) is 8.41. The molecule has 1 aromatic heterocycles. The van der Waals surface area contributed by atoms with Gasteiger partial charge in [0.1, 0.15) is 23.8 Å². The fourth-order valence-electron chi connectivity index (χ4n) is 7.03. The molecule has 0 unspecified atom stereocenters. The van der Waals surface area contributed by atoms with Gasteiger partial charge < -0.3 is 25.0 Å². The van der Waals surface area contributed by atoms with Crippen LogP contribution in [0.4, 0.5) is 4.79 Å². The summed E-state index contributed by atoms with van der Waals surface area (Å²) in [6.07, 6.45) is 1.49. The van der Waals surface area contributed by atoms with E-state index in [9.17, 15) is 27.6 Å². The van der Waals surface area contributed by atoms with Crippen LogP contribution < -0.4 is 20.1 Å². The average Bonchev–Trinajstić information content (AvgIpc) is 4.05. The summed E-state index contributed by atoms with van der Waals surface area (Å²) in [7, 11) is -3.82. The molecule has 2 aromatic carbocycles. The number of fused-ring (bicyclic) bond motifs is 1. The maximum atomic E-state index is 14.6. The molecule has 14 heteroatoms. The van der Waals surface area contributed by atoms with Crippen LogP contribution >= 0.6 is 0 Å². The van der Waals surface area contributed by atoms with E-state index in [2.05, 4.69) is 21.9 Å². The summed E-state index contributed by atoms with van der Waals surface area (Å²) in [5, 5.41) is 6.66. The summed E-state index contributed by atoms with van der Waals surface area (Å²) >= 11 is 0. The summed E-state index contributed by atoms with van der Waals surface area (Å²) in [6.45, 7) is 14.2. The number of carbonyl (C=O) groups excluding carboxylic acids is 4. The number of allylic oxidation sites excluding steroid dienone is 1. The van der Waals surface area contributed by atoms with Crippen LogP contribution in [-0.4, -0.2) is 84.2 Å². The van der Waals surface area contributed by atoms with Gasteiger partial charge in [-0.15, -0.1) is 6.58 Å². The molecule has 1 aliphatic heterocycles. The van der Waals surface area contributed by atoms with Gasteiger partial charge in [-0.1, -0.05) is 75.4 Å². The Hall–Kier alpha value is -4.98. The van der Waals surface area contributed by atoms with Gasteiger partial charge in [-0.2, -0.15) is 0 Å². The lowest BCUT2D eigenvalue weighted by atomic mass is 9.85. The van der Waals surface area contributed by atoms with E-state index in [0.29, 0.717) is 30.8 Å².